The standard InChI is InChI=1S/C21H21F2N3O4S/c22-18-9-13(2-1-5-26-31(29)30)8-17(20(18)23)21(28)14-3-4-19-15(10-14)11-16(12-25-19)24-6-7-27/h3-4,8-12,24,26-27H,1-2,5-7H2,(H,29,30). The van der Waals surface area contributed by atoms with Gasteiger partial charge in [0.1, 0.15) is 0 Å². The fraction of sp³-hybridized carbons (Fsp3) is 0.238. The van der Waals surface area contributed by atoms with E-state index in [4.69, 9.17) is 9.66 Å². The number of fused-ring (bicyclic) bond motifs is 1. The Kier molecular flexibility index (Phi) is 7.75. The molecule has 0 amide bonds. The predicted octanol–water partition coefficient (Wildman–Crippen LogP) is 2.81. The van der Waals surface area contributed by atoms with Gasteiger partial charge in [0.05, 0.1) is 29.6 Å². The molecule has 31 heavy (non-hydrogen) atoms. The summed E-state index contributed by atoms with van der Waals surface area (Å²) >= 11 is -2.14. The summed E-state index contributed by atoms with van der Waals surface area (Å²) in [7, 11) is 0. The van der Waals surface area contributed by atoms with E-state index < -0.39 is 28.7 Å². The Bertz CT molecular complexity index is 1130. The normalized spacial score (nSPS) is 12.1. The van der Waals surface area contributed by atoms with Gasteiger partial charge in [-0.1, -0.05) is 0 Å². The SMILES string of the molecule is O=C(c1ccc2ncc(NCCO)cc2c1)c1cc(CCCNS(=O)O)cc(F)c1F. The third-order valence-corrected chi connectivity index (χ3v) is 5.04. The third kappa shape index (κ3) is 5.88. The van der Waals surface area contributed by atoms with Crippen molar-refractivity contribution in [2.24, 2.45) is 0 Å². The molecule has 0 radical (unpaired) electrons. The van der Waals surface area contributed by atoms with Gasteiger partial charge in [-0.3, -0.25) is 14.3 Å². The van der Waals surface area contributed by atoms with Crippen molar-refractivity contribution >= 4 is 33.6 Å². The second-order valence-electron chi connectivity index (χ2n) is 6.80. The first-order chi connectivity index (χ1) is 14.9. The average molecular weight is 449 g/mol. The Morgan fingerprint density at radius 3 is 2.68 bits per heavy atom. The first kappa shape index (κ1) is 22.9. The van der Waals surface area contributed by atoms with Gasteiger partial charge in [-0.2, -0.15) is 0 Å². The van der Waals surface area contributed by atoms with Crippen LogP contribution in [0.3, 0.4) is 0 Å². The molecular weight excluding hydrogens is 428 g/mol. The van der Waals surface area contributed by atoms with E-state index in [0.717, 1.165) is 6.07 Å². The van der Waals surface area contributed by atoms with E-state index in [9.17, 15) is 17.8 Å². The highest BCUT2D eigenvalue weighted by Crippen LogP contribution is 2.23. The zero-order valence-corrected chi connectivity index (χ0v) is 17.2. The van der Waals surface area contributed by atoms with E-state index in [1.807, 2.05) is 0 Å². The van der Waals surface area contributed by atoms with Gasteiger partial charge >= 0.3 is 0 Å². The van der Waals surface area contributed by atoms with Crippen molar-refractivity contribution in [3.8, 4) is 0 Å². The number of pyridine rings is 1. The lowest BCUT2D eigenvalue weighted by atomic mass is 9.97. The molecule has 164 valence electrons. The number of benzene rings is 2. The van der Waals surface area contributed by atoms with Crippen molar-refractivity contribution in [2.45, 2.75) is 12.8 Å². The molecule has 2 aromatic carbocycles. The molecule has 1 heterocycles. The molecule has 0 fully saturated rings. The zero-order valence-electron chi connectivity index (χ0n) is 16.4. The second-order valence-corrected chi connectivity index (χ2v) is 7.58. The summed E-state index contributed by atoms with van der Waals surface area (Å²) in [5.74, 6) is -3.01. The van der Waals surface area contributed by atoms with E-state index in [1.165, 1.54) is 12.1 Å². The minimum atomic E-state index is -2.14. The number of nitrogens with zero attached hydrogens (tertiary/aromatic N) is 1. The maximum atomic E-state index is 14.4. The van der Waals surface area contributed by atoms with Gasteiger partial charge < -0.3 is 10.4 Å². The summed E-state index contributed by atoms with van der Waals surface area (Å²) < 4.78 is 50.1. The molecule has 1 unspecified atom stereocenters. The maximum Gasteiger partial charge on any atom is 0.231 e. The van der Waals surface area contributed by atoms with Crippen LogP contribution in [0.15, 0.2) is 42.6 Å². The van der Waals surface area contributed by atoms with Crippen molar-refractivity contribution in [3.05, 3.63) is 70.9 Å². The zero-order chi connectivity index (χ0) is 22.4. The van der Waals surface area contributed by atoms with Crippen molar-refractivity contribution in [3.63, 3.8) is 0 Å². The lowest BCUT2D eigenvalue weighted by Gasteiger charge is -2.09. The molecular formula is C21H21F2N3O4S. The number of aliphatic hydroxyl groups excluding tert-OH is 1. The minimum absolute atomic E-state index is 0.0499. The number of carbonyl (C=O) groups excluding carboxylic acids is 1. The van der Waals surface area contributed by atoms with Crippen LogP contribution in [0, 0.1) is 11.6 Å². The molecule has 0 saturated heterocycles. The lowest BCUT2D eigenvalue weighted by Crippen LogP contribution is -2.18. The summed E-state index contributed by atoms with van der Waals surface area (Å²) in [4.78, 5) is 17.2. The number of aryl methyl sites for hydroxylation is 1. The van der Waals surface area contributed by atoms with Crippen LogP contribution in [0.4, 0.5) is 14.5 Å². The molecule has 0 aliphatic rings. The maximum absolute atomic E-state index is 14.4. The number of halogens is 2. The summed E-state index contributed by atoms with van der Waals surface area (Å²) in [5, 5.41) is 12.5. The highest BCUT2D eigenvalue weighted by molar-refractivity contribution is 7.77. The second kappa shape index (κ2) is 10.5. The number of hydrogen-bond donors (Lipinski definition) is 4. The Balaban J connectivity index is 1.86. The van der Waals surface area contributed by atoms with Gasteiger partial charge in [0.2, 0.25) is 11.3 Å². The molecule has 0 bridgehead atoms. The van der Waals surface area contributed by atoms with Crippen molar-refractivity contribution in [1.29, 1.82) is 0 Å². The van der Waals surface area contributed by atoms with Gasteiger partial charge in [-0.15, -0.1) is 0 Å². The van der Waals surface area contributed by atoms with Crippen LogP contribution in [0.25, 0.3) is 10.9 Å². The Hall–Kier alpha value is -2.79. The van der Waals surface area contributed by atoms with Gasteiger partial charge in [0.15, 0.2) is 17.4 Å². The molecule has 0 aliphatic carbocycles. The number of carbonyl (C=O) groups is 1. The molecule has 0 saturated carbocycles. The molecule has 10 heteroatoms. The minimum Gasteiger partial charge on any atom is -0.395 e. The first-order valence-electron chi connectivity index (χ1n) is 9.50. The summed E-state index contributed by atoms with van der Waals surface area (Å²) in [5.41, 5.74) is 1.49. The van der Waals surface area contributed by atoms with E-state index in [2.05, 4.69) is 15.0 Å². The van der Waals surface area contributed by atoms with E-state index in [1.54, 1.807) is 24.4 Å². The van der Waals surface area contributed by atoms with Crippen molar-refractivity contribution in [1.82, 2.24) is 9.71 Å². The van der Waals surface area contributed by atoms with Gasteiger partial charge in [-0.25, -0.2) is 17.7 Å². The topological polar surface area (TPSA) is 112 Å². The van der Waals surface area contributed by atoms with Crippen LogP contribution in [-0.2, 0) is 17.7 Å². The van der Waals surface area contributed by atoms with Gasteiger partial charge in [0.25, 0.3) is 0 Å². The molecule has 7 nitrogen and oxygen atoms in total. The van der Waals surface area contributed by atoms with Crippen LogP contribution in [0.1, 0.15) is 27.9 Å². The number of aliphatic hydroxyl groups is 1. The highest BCUT2D eigenvalue weighted by atomic mass is 32.2. The number of anilines is 1. The molecule has 3 aromatic rings. The van der Waals surface area contributed by atoms with Gasteiger partial charge in [0, 0.05) is 24.0 Å². The Morgan fingerprint density at radius 1 is 1.13 bits per heavy atom. The van der Waals surface area contributed by atoms with E-state index in [0.29, 0.717) is 41.5 Å². The Labute approximate surface area is 179 Å². The van der Waals surface area contributed by atoms with Crippen LogP contribution >= 0.6 is 0 Å². The fourth-order valence-electron chi connectivity index (χ4n) is 3.13. The quantitative estimate of drug-likeness (QED) is 0.215. The number of nitrogens with one attached hydrogen (secondary N) is 2. The first-order valence-corrected chi connectivity index (χ1v) is 10.6. The summed E-state index contributed by atoms with van der Waals surface area (Å²) in [6.07, 6.45) is 2.29. The molecule has 1 atom stereocenters. The van der Waals surface area contributed by atoms with Crippen LogP contribution < -0.4 is 10.0 Å². The number of aromatic nitrogens is 1. The molecule has 0 spiro atoms. The van der Waals surface area contributed by atoms with Crippen LogP contribution in [0.5, 0.6) is 0 Å². The van der Waals surface area contributed by atoms with Crippen LogP contribution in [-0.4, -0.2) is 44.3 Å². The van der Waals surface area contributed by atoms with Crippen molar-refractivity contribution in [2.75, 3.05) is 25.0 Å². The highest BCUT2D eigenvalue weighted by Gasteiger charge is 2.19. The molecule has 4 N–H and O–H groups in total. The average Bonchev–Trinajstić information content (AvgIpc) is 2.76. The van der Waals surface area contributed by atoms with Crippen molar-refractivity contribution < 1.29 is 27.4 Å². The number of hydrogen-bond acceptors (Lipinski definition) is 5. The van der Waals surface area contributed by atoms with E-state index >= 15 is 0 Å². The molecule has 3 rings (SSSR count). The molecule has 1 aromatic heterocycles. The number of ketones is 1. The molecule has 0 aliphatic heterocycles. The number of rotatable bonds is 10. The summed E-state index contributed by atoms with van der Waals surface area (Å²) in [6, 6.07) is 8.75. The Morgan fingerprint density at radius 2 is 1.94 bits per heavy atom. The van der Waals surface area contributed by atoms with Gasteiger partial charge in [-0.05, 0) is 54.8 Å². The predicted molar refractivity (Wildman–Crippen MR) is 114 cm³/mol. The third-order valence-electron chi connectivity index (χ3n) is 4.58. The van der Waals surface area contributed by atoms with E-state index in [-0.39, 0.29) is 24.3 Å². The lowest BCUT2D eigenvalue weighted by molar-refractivity contribution is 0.103. The van der Waals surface area contributed by atoms with Crippen LogP contribution in [0.2, 0.25) is 0 Å². The fourth-order valence-corrected chi connectivity index (χ4v) is 3.45. The smallest absolute Gasteiger partial charge is 0.231 e. The largest absolute Gasteiger partial charge is 0.395 e. The monoisotopic (exact) mass is 449 g/mol. The summed E-state index contributed by atoms with van der Waals surface area (Å²) in [6.45, 7) is 0.494.